The zero-order valence-corrected chi connectivity index (χ0v) is 15.5. The van der Waals surface area contributed by atoms with Crippen molar-refractivity contribution in [2.75, 3.05) is 19.8 Å². The number of ether oxygens (including phenoxy) is 1. The molecular weight excluding hydrogens is 338 g/mol. The van der Waals surface area contributed by atoms with Crippen molar-refractivity contribution in [1.29, 1.82) is 0 Å². The SMILES string of the molecule is CCN(Cc1cnn(C)c1)C(=O)C1(c2cccc(Cl)c2)CCOCC1. The molecule has 0 unspecified atom stereocenters. The molecule has 1 aliphatic rings. The van der Waals surface area contributed by atoms with E-state index in [1.54, 1.807) is 4.68 Å². The Hall–Kier alpha value is -1.85. The van der Waals surface area contributed by atoms with Gasteiger partial charge in [-0.1, -0.05) is 23.7 Å². The normalized spacial score (nSPS) is 16.6. The van der Waals surface area contributed by atoms with Crippen LogP contribution in [0.1, 0.15) is 30.9 Å². The van der Waals surface area contributed by atoms with Crippen LogP contribution in [0.15, 0.2) is 36.7 Å². The molecule has 2 aromatic rings. The number of halogens is 1. The number of amides is 1. The summed E-state index contributed by atoms with van der Waals surface area (Å²) in [5, 5.41) is 4.86. The minimum absolute atomic E-state index is 0.143. The first-order valence-electron chi connectivity index (χ1n) is 8.66. The number of carbonyl (C=O) groups is 1. The average Bonchev–Trinajstić information content (AvgIpc) is 3.04. The Balaban J connectivity index is 1.92. The fraction of sp³-hybridized carbons (Fsp3) is 0.474. The molecule has 1 aromatic carbocycles. The van der Waals surface area contributed by atoms with Gasteiger partial charge in [0.15, 0.2) is 0 Å². The molecule has 1 aromatic heterocycles. The average molecular weight is 362 g/mol. The first-order valence-corrected chi connectivity index (χ1v) is 9.03. The van der Waals surface area contributed by atoms with Crippen LogP contribution in [-0.4, -0.2) is 40.3 Å². The Bertz CT molecular complexity index is 738. The molecule has 5 nitrogen and oxygen atoms in total. The van der Waals surface area contributed by atoms with Crippen LogP contribution in [0.3, 0.4) is 0 Å². The van der Waals surface area contributed by atoms with Gasteiger partial charge in [0.25, 0.3) is 0 Å². The summed E-state index contributed by atoms with van der Waals surface area (Å²) in [5.41, 5.74) is 1.45. The molecule has 0 N–H and O–H groups in total. The minimum Gasteiger partial charge on any atom is -0.381 e. The highest BCUT2D eigenvalue weighted by molar-refractivity contribution is 6.30. The fourth-order valence-electron chi connectivity index (χ4n) is 3.54. The number of aromatic nitrogens is 2. The van der Waals surface area contributed by atoms with Crippen molar-refractivity contribution in [3.8, 4) is 0 Å². The summed E-state index contributed by atoms with van der Waals surface area (Å²) in [6.07, 6.45) is 5.11. The third-order valence-electron chi connectivity index (χ3n) is 4.93. The van der Waals surface area contributed by atoms with Gasteiger partial charge in [-0.3, -0.25) is 9.48 Å². The topological polar surface area (TPSA) is 47.4 Å². The molecule has 0 saturated carbocycles. The first kappa shape index (κ1) is 18.0. The minimum atomic E-state index is -0.568. The third-order valence-corrected chi connectivity index (χ3v) is 5.17. The lowest BCUT2D eigenvalue weighted by Crippen LogP contribution is -2.49. The van der Waals surface area contributed by atoms with Gasteiger partial charge in [0.05, 0.1) is 11.6 Å². The highest BCUT2D eigenvalue weighted by atomic mass is 35.5. The first-order chi connectivity index (χ1) is 12.0. The number of aryl methyl sites for hydroxylation is 1. The van der Waals surface area contributed by atoms with Gasteiger partial charge >= 0.3 is 0 Å². The van der Waals surface area contributed by atoms with E-state index in [1.807, 2.05) is 55.5 Å². The van der Waals surface area contributed by atoms with E-state index in [9.17, 15) is 4.79 Å². The zero-order chi connectivity index (χ0) is 17.9. The quantitative estimate of drug-likeness (QED) is 0.821. The maximum atomic E-state index is 13.6. The highest BCUT2D eigenvalue weighted by Crippen LogP contribution is 2.38. The van der Waals surface area contributed by atoms with Gasteiger partial charge in [-0.05, 0) is 37.5 Å². The van der Waals surface area contributed by atoms with Gasteiger partial charge in [0.1, 0.15) is 0 Å². The van der Waals surface area contributed by atoms with Crippen LogP contribution in [0, 0.1) is 0 Å². The summed E-state index contributed by atoms with van der Waals surface area (Å²) in [7, 11) is 1.88. The third kappa shape index (κ3) is 3.72. The van der Waals surface area contributed by atoms with Crippen LogP contribution in [0.25, 0.3) is 0 Å². The lowest BCUT2D eigenvalue weighted by atomic mass is 9.73. The van der Waals surface area contributed by atoms with Gasteiger partial charge in [-0.25, -0.2) is 0 Å². The van der Waals surface area contributed by atoms with Gasteiger partial charge in [-0.15, -0.1) is 0 Å². The lowest BCUT2D eigenvalue weighted by Gasteiger charge is -2.40. The predicted octanol–water partition coefficient (Wildman–Crippen LogP) is 3.17. The van der Waals surface area contributed by atoms with Crippen molar-refractivity contribution >= 4 is 17.5 Å². The van der Waals surface area contributed by atoms with Crippen LogP contribution in [0.5, 0.6) is 0 Å². The number of likely N-dealkylation sites (N-methyl/N-ethyl adjacent to an activating group) is 1. The standard InChI is InChI=1S/C19H24ClN3O2/c1-3-23(14-15-12-21-22(2)13-15)18(24)19(7-9-25-10-8-19)16-5-4-6-17(20)11-16/h4-6,11-13H,3,7-10,14H2,1-2H3. The molecule has 134 valence electrons. The Labute approximate surface area is 153 Å². The number of nitrogens with zero attached hydrogens (tertiary/aromatic N) is 3. The number of carbonyl (C=O) groups excluding carboxylic acids is 1. The second kappa shape index (κ2) is 7.58. The van der Waals surface area contributed by atoms with Crippen molar-refractivity contribution in [1.82, 2.24) is 14.7 Å². The number of hydrogen-bond acceptors (Lipinski definition) is 3. The van der Waals surface area contributed by atoms with Crippen molar-refractivity contribution < 1.29 is 9.53 Å². The van der Waals surface area contributed by atoms with E-state index in [-0.39, 0.29) is 5.91 Å². The van der Waals surface area contributed by atoms with E-state index in [0.29, 0.717) is 44.2 Å². The molecule has 0 spiro atoms. The second-order valence-corrected chi connectivity index (χ2v) is 6.98. The summed E-state index contributed by atoms with van der Waals surface area (Å²) in [6, 6.07) is 7.69. The number of hydrogen-bond donors (Lipinski definition) is 0. The summed E-state index contributed by atoms with van der Waals surface area (Å²) >= 11 is 6.21. The van der Waals surface area contributed by atoms with Crippen LogP contribution < -0.4 is 0 Å². The molecule has 1 aliphatic heterocycles. The van der Waals surface area contributed by atoms with Gasteiger partial charge in [0, 0.05) is 50.1 Å². The Morgan fingerprint density at radius 3 is 2.76 bits per heavy atom. The summed E-state index contributed by atoms with van der Waals surface area (Å²) < 4.78 is 7.30. The molecule has 1 saturated heterocycles. The van der Waals surface area contributed by atoms with Crippen molar-refractivity contribution in [2.24, 2.45) is 7.05 Å². The maximum Gasteiger partial charge on any atom is 0.233 e. The lowest BCUT2D eigenvalue weighted by molar-refractivity contribution is -0.141. The molecule has 0 radical (unpaired) electrons. The maximum absolute atomic E-state index is 13.6. The van der Waals surface area contributed by atoms with Gasteiger partial charge < -0.3 is 9.64 Å². The molecule has 0 aliphatic carbocycles. The fourth-order valence-corrected chi connectivity index (χ4v) is 3.73. The van der Waals surface area contributed by atoms with Crippen LogP contribution >= 0.6 is 11.6 Å². The van der Waals surface area contributed by atoms with E-state index in [0.717, 1.165) is 11.1 Å². The van der Waals surface area contributed by atoms with Gasteiger partial charge in [0.2, 0.25) is 5.91 Å². The summed E-state index contributed by atoms with van der Waals surface area (Å²) in [6.45, 7) is 4.40. The van der Waals surface area contributed by atoms with Crippen LogP contribution in [0.4, 0.5) is 0 Å². The highest BCUT2D eigenvalue weighted by Gasteiger charge is 2.43. The van der Waals surface area contributed by atoms with Crippen molar-refractivity contribution in [3.05, 3.63) is 52.8 Å². The molecule has 25 heavy (non-hydrogen) atoms. The van der Waals surface area contributed by atoms with E-state index in [4.69, 9.17) is 16.3 Å². The van der Waals surface area contributed by atoms with E-state index in [2.05, 4.69) is 5.10 Å². The molecule has 3 rings (SSSR count). The number of rotatable bonds is 5. The van der Waals surface area contributed by atoms with Crippen LogP contribution in [-0.2, 0) is 28.5 Å². The molecule has 2 heterocycles. The molecular formula is C19H24ClN3O2. The molecule has 0 atom stereocenters. The van der Waals surface area contributed by atoms with Gasteiger partial charge in [-0.2, -0.15) is 5.10 Å². The van der Waals surface area contributed by atoms with Crippen molar-refractivity contribution in [2.45, 2.75) is 31.7 Å². The van der Waals surface area contributed by atoms with Crippen LogP contribution in [0.2, 0.25) is 5.02 Å². The second-order valence-electron chi connectivity index (χ2n) is 6.55. The van der Waals surface area contributed by atoms with E-state index >= 15 is 0 Å². The Morgan fingerprint density at radius 1 is 1.40 bits per heavy atom. The Kier molecular flexibility index (Phi) is 5.45. The smallest absolute Gasteiger partial charge is 0.233 e. The van der Waals surface area contributed by atoms with Crippen molar-refractivity contribution in [3.63, 3.8) is 0 Å². The molecule has 1 fully saturated rings. The number of benzene rings is 1. The van der Waals surface area contributed by atoms with E-state index in [1.165, 1.54) is 0 Å². The predicted molar refractivity (Wildman–Crippen MR) is 97.5 cm³/mol. The van der Waals surface area contributed by atoms with E-state index < -0.39 is 5.41 Å². The molecule has 6 heteroatoms. The summed E-state index contributed by atoms with van der Waals surface area (Å²) in [5.74, 6) is 0.143. The zero-order valence-electron chi connectivity index (χ0n) is 14.7. The largest absolute Gasteiger partial charge is 0.381 e. The molecule has 1 amide bonds. The molecule has 0 bridgehead atoms. The summed E-state index contributed by atoms with van der Waals surface area (Å²) in [4.78, 5) is 15.5. The Morgan fingerprint density at radius 2 is 2.16 bits per heavy atom. The monoisotopic (exact) mass is 361 g/mol.